The molecular formula is C13H22N4O. The Kier molecular flexibility index (Phi) is 3.71. The lowest BCUT2D eigenvalue weighted by molar-refractivity contribution is 0.506. The largest absolute Gasteiger partial charge is 0.359 e. The Morgan fingerprint density at radius 1 is 1.61 bits per heavy atom. The lowest BCUT2D eigenvalue weighted by atomic mass is 10.0. The molecule has 0 saturated carbocycles. The van der Waals surface area contributed by atoms with E-state index in [1.807, 2.05) is 0 Å². The van der Waals surface area contributed by atoms with Crippen molar-refractivity contribution in [3.8, 4) is 0 Å². The van der Waals surface area contributed by atoms with Gasteiger partial charge in [0.2, 0.25) is 0 Å². The van der Waals surface area contributed by atoms with Crippen molar-refractivity contribution in [3.05, 3.63) is 22.7 Å². The van der Waals surface area contributed by atoms with Gasteiger partial charge < -0.3 is 15.2 Å². The molecule has 0 bridgehead atoms. The van der Waals surface area contributed by atoms with E-state index in [2.05, 4.69) is 36.4 Å². The predicted molar refractivity (Wildman–Crippen MR) is 72.8 cm³/mol. The lowest BCUT2D eigenvalue weighted by Crippen LogP contribution is -2.40. The fourth-order valence-corrected chi connectivity index (χ4v) is 2.28. The van der Waals surface area contributed by atoms with Crippen molar-refractivity contribution in [2.45, 2.75) is 39.3 Å². The minimum absolute atomic E-state index is 0.0284. The smallest absolute Gasteiger partial charge is 0.293 e. The molecule has 1 fully saturated rings. The van der Waals surface area contributed by atoms with Gasteiger partial charge in [-0.2, -0.15) is 0 Å². The van der Waals surface area contributed by atoms with Crippen LogP contribution in [-0.4, -0.2) is 28.2 Å². The second-order valence-electron chi connectivity index (χ2n) is 5.74. The van der Waals surface area contributed by atoms with Crippen LogP contribution < -0.4 is 16.2 Å². The summed E-state index contributed by atoms with van der Waals surface area (Å²) in [7, 11) is 0. The molecule has 2 heterocycles. The van der Waals surface area contributed by atoms with Crippen LogP contribution in [0.5, 0.6) is 0 Å². The van der Waals surface area contributed by atoms with Crippen LogP contribution >= 0.6 is 0 Å². The summed E-state index contributed by atoms with van der Waals surface area (Å²) in [4.78, 5) is 16.4. The summed E-state index contributed by atoms with van der Waals surface area (Å²) in [5.41, 5.74) is -0.0947. The molecule has 1 aliphatic rings. The predicted octanol–water partition coefficient (Wildman–Crippen LogP) is 1.06. The average molecular weight is 250 g/mol. The van der Waals surface area contributed by atoms with Gasteiger partial charge in [0, 0.05) is 31.0 Å². The number of aromatic nitrogens is 2. The molecule has 100 valence electrons. The van der Waals surface area contributed by atoms with Gasteiger partial charge in [-0.25, -0.2) is 4.98 Å². The molecule has 1 aromatic rings. The standard InChI is InChI=1S/C13H22N4O/c1-10(2)8-17-7-6-15-11(12(17)18)16-13(3)4-5-14-9-13/h6-7,10,14H,4-5,8-9H2,1-3H3,(H,15,16). The maximum atomic E-state index is 12.3. The van der Waals surface area contributed by atoms with Gasteiger partial charge in [0.05, 0.1) is 0 Å². The van der Waals surface area contributed by atoms with Crippen molar-refractivity contribution in [1.29, 1.82) is 0 Å². The lowest BCUT2D eigenvalue weighted by Gasteiger charge is -2.25. The zero-order valence-corrected chi connectivity index (χ0v) is 11.4. The number of nitrogens with zero attached hydrogens (tertiary/aromatic N) is 2. The van der Waals surface area contributed by atoms with Crippen LogP contribution in [-0.2, 0) is 6.54 Å². The van der Waals surface area contributed by atoms with Gasteiger partial charge in [-0.3, -0.25) is 4.79 Å². The van der Waals surface area contributed by atoms with E-state index in [0.717, 1.165) is 26.1 Å². The first-order chi connectivity index (χ1) is 8.50. The molecular weight excluding hydrogens is 228 g/mol. The van der Waals surface area contributed by atoms with Crippen LogP contribution in [0.2, 0.25) is 0 Å². The molecule has 2 N–H and O–H groups in total. The van der Waals surface area contributed by atoms with Crippen molar-refractivity contribution >= 4 is 5.82 Å². The van der Waals surface area contributed by atoms with E-state index in [4.69, 9.17) is 0 Å². The summed E-state index contributed by atoms with van der Waals surface area (Å²) in [6.45, 7) is 8.90. The molecule has 18 heavy (non-hydrogen) atoms. The summed E-state index contributed by atoms with van der Waals surface area (Å²) in [6.07, 6.45) is 4.45. The molecule has 0 spiro atoms. The van der Waals surface area contributed by atoms with Gasteiger partial charge >= 0.3 is 0 Å². The van der Waals surface area contributed by atoms with E-state index in [-0.39, 0.29) is 11.1 Å². The quantitative estimate of drug-likeness (QED) is 0.839. The van der Waals surface area contributed by atoms with Crippen LogP contribution in [0.3, 0.4) is 0 Å². The van der Waals surface area contributed by atoms with Crippen LogP contribution in [0.25, 0.3) is 0 Å². The van der Waals surface area contributed by atoms with Crippen molar-refractivity contribution in [2.75, 3.05) is 18.4 Å². The Morgan fingerprint density at radius 2 is 2.39 bits per heavy atom. The van der Waals surface area contributed by atoms with Crippen molar-refractivity contribution in [3.63, 3.8) is 0 Å². The molecule has 1 aliphatic heterocycles. The molecule has 0 radical (unpaired) electrons. The maximum absolute atomic E-state index is 12.3. The van der Waals surface area contributed by atoms with Crippen LogP contribution in [0.15, 0.2) is 17.2 Å². The zero-order valence-electron chi connectivity index (χ0n) is 11.4. The molecule has 1 saturated heterocycles. The molecule has 1 atom stereocenters. The summed E-state index contributed by atoms with van der Waals surface area (Å²) in [5, 5.41) is 6.59. The Hall–Kier alpha value is -1.36. The van der Waals surface area contributed by atoms with Gasteiger partial charge in [0.15, 0.2) is 5.82 Å². The molecule has 1 aromatic heterocycles. The Balaban J connectivity index is 2.20. The first-order valence-electron chi connectivity index (χ1n) is 6.54. The number of hydrogen-bond acceptors (Lipinski definition) is 4. The molecule has 2 rings (SSSR count). The number of hydrogen-bond donors (Lipinski definition) is 2. The molecule has 5 heteroatoms. The van der Waals surface area contributed by atoms with E-state index in [1.54, 1.807) is 17.0 Å². The average Bonchev–Trinajstić information content (AvgIpc) is 2.70. The molecule has 0 aliphatic carbocycles. The molecule has 1 unspecified atom stereocenters. The second-order valence-corrected chi connectivity index (χ2v) is 5.74. The van der Waals surface area contributed by atoms with Crippen LogP contribution in [0, 0.1) is 5.92 Å². The summed E-state index contributed by atoms with van der Waals surface area (Å²) in [6, 6.07) is 0. The third kappa shape index (κ3) is 2.90. The Bertz CT molecular complexity index is 460. The Morgan fingerprint density at radius 3 is 3.00 bits per heavy atom. The Labute approximate surface area is 108 Å². The molecule has 5 nitrogen and oxygen atoms in total. The van der Waals surface area contributed by atoms with E-state index in [1.165, 1.54) is 0 Å². The molecule has 0 amide bonds. The zero-order chi connectivity index (χ0) is 13.2. The second kappa shape index (κ2) is 5.10. The van der Waals surface area contributed by atoms with Gasteiger partial charge in [-0.05, 0) is 25.8 Å². The van der Waals surface area contributed by atoms with Crippen LogP contribution in [0.1, 0.15) is 27.2 Å². The minimum Gasteiger partial charge on any atom is -0.359 e. The number of nitrogens with one attached hydrogen (secondary N) is 2. The van der Waals surface area contributed by atoms with Crippen molar-refractivity contribution in [1.82, 2.24) is 14.9 Å². The van der Waals surface area contributed by atoms with Gasteiger partial charge in [0.1, 0.15) is 0 Å². The van der Waals surface area contributed by atoms with Gasteiger partial charge in [0.25, 0.3) is 5.56 Å². The van der Waals surface area contributed by atoms with E-state index in [9.17, 15) is 4.79 Å². The van der Waals surface area contributed by atoms with Gasteiger partial charge in [-0.15, -0.1) is 0 Å². The fourth-order valence-electron chi connectivity index (χ4n) is 2.28. The first kappa shape index (κ1) is 13.1. The van der Waals surface area contributed by atoms with E-state index in [0.29, 0.717) is 11.7 Å². The first-order valence-corrected chi connectivity index (χ1v) is 6.54. The fraction of sp³-hybridized carbons (Fsp3) is 0.692. The summed E-state index contributed by atoms with van der Waals surface area (Å²) >= 11 is 0. The van der Waals surface area contributed by atoms with Gasteiger partial charge in [-0.1, -0.05) is 13.8 Å². The van der Waals surface area contributed by atoms with E-state index < -0.39 is 0 Å². The number of anilines is 1. The van der Waals surface area contributed by atoms with Crippen molar-refractivity contribution < 1.29 is 0 Å². The van der Waals surface area contributed by atoms with Crippen LogP contribution in [0.4, 0.5) is 5.82 Å². The summed E-state index contributed by atoms with van der Waals surface area (Å²) < 4.78 is 1.73. The third-order valence-electron chi connectivity index (χ3n) is 3.26. The normalized spacial score (nSPS) is 23.6. The highest BCUT2D eigenvalue weighted by molar-refractivity contribution is 5.35. The monoisotopic (exact) mass is 250 g/mol. The minimum atomic E-state index is -0.0663. The number of rotatable bonds is 4. The third-order valence-corrected chi connectivity index (χ3v) is 3.26. The molecule has 0 aromatic carbocycles. The van der Waals surface area contributed by atoms with Crippen molar-refractivity contribution in [2.24, 2.45) is 5.92 Å². The highest BCUT2D eigenvalue weighted by Gasteiger charge is 2.29. The van der Waals surface area contributed by atoms with E-state index >= 15 is 0 Å². The maximum Gasteiger partial charge on any atom is 0.293 e. The highest BCUT2D eigenvalue weighted by atomic mass is 16.1. The topological polar surface area (TPSA) is 59.0 Å². The highest BCUT2D eigenvalue weighted by Crippen LogP contribution is 2.17. The SMILES string of the molecule is CC(C)Cn1ccnc(NC2(C)CCNC2)c1=O. The summed E-state index contributed by atoms with van der Waals surface area (Å²) in [5.74, 6) is 0.908.